The quantitative estimate of drug-likeness (QED) is 0.626. The van der Waals surface area contributed by atoms with Crippen LogP contribution in [0.5, 0.6) is 0 Å². The van der Waals surface area contributed by atoms with E-state index in [0.717, 1.165) is 12.8 Å². The molecule has 1 aromatic carbocycles. The maximum Gasteiger partial charge on any atom is 0.338 e. The Morgan fingerprint density at radius 2 is 2.05 bits per heavy atom. The maximum atomic E-state index is 11.7. The molecule has 1 heterocycles. The number of nitrogens with zero attached hydrogens (tertiary/aromatic N) is 2. The normalized spacial score (nSPS) is 10.1. The predicted octanol–water partition coefficient (Wildman–Crippen LogP) is 2.01. The van der Waals surface area contributed by atoms with Crippen molar-refractivity contribution in [2.75, 3.05) is 11.9 Å². The lowest BCUT2D eigenvalue weighted by Crippen LogP contribution is -2.14. The zero-order chi connectivity index (χ0) is 15.1. The first-order valence-electron chi connectivity index (χ1n) is 6.64. The van der Waals surface area contributed by atoms with Crippen LogP contribution in [-0.2, 0) is 4.74 Å². The summed E-state index contributed by atoms with van der Waals surface area (Å²) >= 11 is 0. The van der Waals surface area contributed by atoms with Gasteiger partial charge in [0, 0.05) is 5.69 Å². The summed E-state index contributed by atoms with van der Waals surface area (Å²) < 4.78 is 5.10. The molecule has 0 unspecified atom stereocenters. The number of rotatable bonds is 6. The number of H-pyrrole nitrogens is 1. The van der Waals surface area contributed by atoms with Gasteiger partial charge in [0.25, 0.3) is 5.91 Å². The molecule has 0 bridgehead atoms. The Bertz CT molecular complexity index is 593. The van der Waals surface area contributed by atoms with Crippen molar-refractivity contribution >= 4 is 17.6 Å². The molecule has 0 aliphatic heterocycles. The maximum absolute atomic E-state index is 11.7. The molecular formula is C14H16N4O3. The minimum Gasteiger partial charge on any atom is -0.462 e. The zero-order valence-electron chi connectivity index (χ0n) is 11.6. The first-order valence-corrected chi connectivity index (χ1v) is 6.64. The van der Waals surface area contributed by atoms with Crippen LogP contribution in [-0.4, -0.2) is 33.7 Å². The van der Waals surface area contributed by atoms with Crippen molar-refractivity contribution in [1.29, 1.82) is 0 Å². The van der Waals surface area contributed by atoms with E-state index in [1.807, 2.05) is 6.92 Å². The Hall–Kier alpha value is -2.70. The van der Waals surface area contributed by atoms with Crippen molar-refractivity contribution in [2.24, 2.45) is 0 Å². The number of nitrogens with one attached hydrogen (secondary N) is 2. The summed E-state index contributed by atoms with van der Waals surface area (Å²) in [5.41, 5.74) is 1.00. The second kappa shape index (κ2) is 7.18. The van der Waals surface area contributed by atoms with E-state index < -0.39 is 5.91 Å². The smallest absolute Gasteiger partial charge is 0.338 e. The Labute approximate surface area is 121 Å². The molecule has 0 spiro atoms. The second-order valence-corrected chi connectivity index (χ2v) is 4.36. The largest absolute Gasteiger partial charge is 0.462 e. The molecule has 2 rings (SSSR count). The lowest BCUT2D eigenvalue weighted by molar-refractivity contribution is 0.0499. The third-order valence-corrected chi connectivity index (χ3v) is 2.74. The van der Waals surface area contributed by atoms with E-state index >= 15 is 0 Å². The SMILES string of the molecule is CCCCOC(=O)c1ccc(NC(=O)c2ncn[nH]2)cc1. The number of amides is 1. The molecule has 110 valence electrons. The fourth-order valence-electron chi connectivity index (χ4n) is 1.59. The third kappa shape index (κ3) is 4.13. The van der Waals surface area contributed by atoms with Gasteiger partial charge >= 0.3 is 5.97 Å². The first kappa shape index (κ1) is 14.7. The molecule has 1 aromatic heterocycles. The van der Waals surface area contributed by atoms with Gasteiger partial charge < -0.3 is 10.1 Å². The highest BCUT2D eigenvalue weighted by molar-refractivity contribution is 6.01. The van der Waals surface area contributed by atoms with Crippen LogP contribution in [0.1, 0.15) is 40.7 Å². The van der Waals surface area contributed by atoms with E-state index in [-0.39, 0.29) is 11.8 Å². The third-order valence-electron chi connectivity index (χ3n) is 2.74. The van der Waals surface area contributed by atoms with Crippen LogP contribution < -0.4 is 5.32 Å². The van der Waals surface area contributed by atoms with Gasteiger partial charge in [-0.15, -0.1) is 0 Å². The fourth-order valence-corrected chi connectivity index (χ4v) is 1.59. The second-order valence-electron chi connectivity index (χ2n) is 4.36. The number of hydrogen-bond donors (Lipinski definition) is 2. The Morgan fingerprint density at radius 3 is 2.67 bits per heavy atom. The van der Waals surface area contributed by atoms with Crippen molar-refractivity contribution in [3.8, 4) is 0 Å². The number of hydrogen-bond acceptors (Lipinski definition) is 5. The van der Waals surface area contributed by atoms with Gasteiger partial charge in [0.1, 0.15) is 6.33 Å². The fraction of sp³-hybridized carbons (Fsp3) is 0.286. The first-order chi connectivity index (χ1) is 10.2. The number of anilines is 1. The summed E-state index contributed by atoms with van der Waals surface area (Å²) in [7, 11) is 0. The number of aromatic nitrogens is 3. The van der Waals surface area contributed by atoms with Gasteiger partial charge in [-0.05, 0) is 30.7 Å². The van der Waals surface area contributed by atoms with Crippen LogP contribution >= 0.6 is 0 Å². The van der Waals surface area contributed by atoms with Crippen LogP contribution in [0.4, 0.5) is 5.69 Å². The van der Waals surface area contributed by atoms with Crippen LogP contribution in [0.25, 0.3) is 0 Å². The average molecular weight is 288 g/mol. The number of ether oxygens (including phenoxy) is 1. The Morgan fingerprint density at radius 1 is 1.29 bits per heavy atom. The number of esters is 1. The molecular weight excluding hydrogens is 272 g/mol. The molecule has 0 saturated heterocycles. The number of unbranched alkanes of at least 4 members (excludes halogenated alkanes) is 1. The van der Waals surface area contributed by atoms with E-state index in [1.54, 1.807) is 24.3 Å². The van der Waals surface area contributed by atoms with E-state index in [2.05, 4.69) is 20.5 Å². The lowest BCUT2D eigenvalue weighted by atomic mass is 10.2. The van der Waals surface area contributed by atoms with Crippen molar-refractivity contribution in [3.05, 3.63) is 42.0 Å². The van der Waals surface area contributed by atoms with Gasteiger partial charge in [-0.2, -0.15) is 5.10 Å². The van der Waals surface area contributed by atoms with E-state index in [9.17, 15) is 9.59 Å². The Kier molecular flexibility index (Phi) is 5.03. The zero-order valence-corrected chi connectivity index (χ0v) is 11.6. The molecule has 0 radical (unpaired) electrons. The molecule has 1 amide bonds. The highest BCUT2D eigenvalue weighted by Gasteiger charge is 2.10. The topological polar surface area (TPSA) is 97.0 Å². The van der Waals surface area contributed by atoms with Gasteiger partial charge in [-0.1, -0.05) is 13.3 Å². The molecule has 2 aromatic rings. The van der Waals surface area contributed by atoms with E-state index in [4.69, 9.17) is 4.74 Å². The van der Waals surface area contributed by atoms with Crippen molar-refractivity contribution < 1.29 is 14.3 Å². The molecule has 0 aliphatic carbocycles. The summed E-state index contributed by atoms with van der Waals surface area (Å²) in [6.45, 7) is 2.44. The predicted molar refractivity (Wildman–Crippen MR) is 76.0 cm³/mol. The molecule has 0 saturated carbocycles. The van der Waals surface area contributed by atoms with Crippen molar-refractivity contribution in [2.45, 2.75) is 19.8 Å². The minimum absolute atomic E-state index is 0.123. The van der Waals surface area contributed by atoms with Crippen LogP contribution in [0.15, 0.2) is 30.6 Å². The molecule has 7 nitrogen and oxygen atoms in total. The van der Waals surface area contributed by atoms with Crippen LogP contribution in [0.2, 0.25) is 0 Å². The Balaban J connectivity index is 1.92. The molecule has 21 heavy (non-hydrogen) atoms. The van der Waals surface area contributed by atoms with Gasteiger partial charge in [0.05, 0.1) is 12.2 Å². The van der Waals surface area contributed by atoms with Gasteiger partial charge in [-0.3, -0.25) is 9.89 Å². The average Bonchev–Trinajstić information content (AvgIpc) is 3.02. The van der Waals surface area contributed by atoms with E-state index in [0.29, 0.717) is 17.9 Å². The molecule has 7 heteroatoms. The summed E-state index contributed by atoms with van der Waals surface area (Å²) in [5.74, 6) is -0.639. The number of aromatic amines is 1. The summed E-state index contributed by atoms with van der Waals surface area (Å²) in [5, 5.41) is 8.71. The monoisotopic (exact) mass is 288 g/mol. The molecule has 2 N–H and O–H groups in total. The summed E-state index contributed by atoms with van der Waals surface area (Å²) in [4.78, 5) is 27.2. The highest BCUT2D eigenvalue weighted by Crippen LogP contribution is 2.11. The van der Waals surface area contributed by atoms with Gasteiger partial charge in [-0.25, -0.2) is 9.78 Å². The van der Waals surface area contributed by atoms with Crippen molar-refractivity contribution in [1.82, 2.24) is 15.2 Å². The highest BCUT2D eigenvalue weighted by atomic mass is 16.5. The standard InChI is InChI=1S/C14H16N4O3/c1-2-3-8-21-14(20)10-4-6-11(7-5-10)17-13(19)12-15-9-16-18-12/h4-7,9H,2-3,8H2,1H3,(H,17,19)(H,15,16,18). The summed E-state index contributed by atoms with van der Waals surface area (Å²) in [6.07, 6.45) is 3.07. The van der Waals surface area contributed by atoms with Gasteiger partial charge in [0.15, 0.2) is 0 Å². The van der Waals surface area contributed by atoms with Crippen LogP contribution in [0.3, 0.4) is 0 Å². The van der Waals surface area contributed by atoms with E-state index in [1.165, 1.54) is 6.33 Å². The molecule has 0 atom stereocenters. The molecule has 0 aliphatic rings. The molecule has 0 fully saturated rings. The summed E-state index contributed by atoms with van der Waals surface area (Å²) in [6, 6.07) is 6.46. The minimum atomic E-state index is -0.397. The van der Waals surface area contributed by atoms with Gasteiger partial charge in [0.2, 0.25) is 5.82 Å². The van der Waals surface area contributed by atoms with Crippen molar-refractivity contribution in [3.63, 3.8) is 0 Å². The number of benzene rings is 1. The number of carbonyl (C=O) groups is 2. The lowest BCUT2D eigenvalue weighted by Gasteiger charge is -2.06. The number of carbonyl (C=O) groups excluding carboxylic acids is 2. The van der Waals surface area contributed by atoms with Crippen LogP contribution in [0, 0.1) is 0 Å².